The van der Waals surface area contributed by atoms with Gasteiger partial charge in [-0.2, -0.15) is 0 Å². The molecule has 0 saturated heterocycles. The molecule has 0 N–H and O–H groups in total. The van der Waals surface area contributed by atoms with E-state index in [1.54, 1.807) is 18.4 Å². The SMILES string of the molecule is Cc1c(F)bn(C)c1Cl. The maximum atomic E-state index is 12.5. The van der Waals surface area contributed by atoms with Crippen LogP contribution < -0.4 is 0 Å². The van der Waals surface area contributed by atoms with Crippen LogP contribution in [0.4, 0.5) is 4.39 Å². The summed E-state index contributed by atoms with van der Waals surface area (Å²) in [7, 11) is 3.07. The average molecular weight is 145 g/mol. The number of aromatic nitrogens is 1. The minimum atomic E-state index is -0.248. The Kier molecular flexibility index (Phi) is 1.62. The molecule has 0 saturated carbocycles. The summed E-state index contributed by atoms with van der Waals surface area (Å²) in [5, 5.41) is 0.465. The summed E-state index contributed by atoms with van der Waals surface area (Å²) >= 11 is 5.62. The molecule has 9 heavy (non-hydrogen) atoms. The van der Waals surface area contributed by atoms with Crippen molar-refractivity contribution in [2.75, 3.05) is 0 Å². The summed E-state index contributed by atoms with van der Waals surface area (Å²) in [6, 6.07) is 0. The van der Waals surface area contributed by atoms with E-state index in [0.29, 0.717) is 10.7 Å². The molecular formula is C5H6BClFN. The van der Waals surface area contributed by atoms with E-state index in [4.69, 9.17) is 11.6 Å². The second kappa shape index (κ2) is 2.14. The zero-order valence-corrected chi connectivity index (χ0v) is 6.04. The Balaban J connectivity index is 3.29. The third-order valence-corrected chi connectivity index (χ3v) is 1.83. The molecule has 1 nitrogen and oxygen atoms in total. The van der Waals surface area contributed by atoms with Crippen molar-refractivity contribution in [1.29, 1.82) is 0 Å². The van der Waals surface area contributed by atoms with Gasteiger partial charge in [0, 0.05) is 0 Å². The van der Waals surface area contributed by atoms with Crippen LogP contribution in [0.1, 0.15) is 5.56 Å². The van der Waals surface area contributed by atoms with Gasteiger partial charge in [-0.3, -0.25) is 0 Å². The maximum absolute atomic E-state index is 12.5. The van der Waals surface area contributed by atoms with Gasteiger partial charge in [0.1, 0.15) is 0 Å². The monoisotopic (exact) mass is 145 g/mol. The molecule has 1 rings (SSSR count). The summed E-state index contributed by atoms with van der Waals surface area (Å²) in [5.41, 5.74) is 0.265. The van der Waals surface area contributed by atoms with Gasteiger partial charge in [-0.15, -0.1) is 0 Å². The Morgan fingerprint density at radius 2 is 2.22 bits per heavy atom. The topological polar surface area (TPSA) is 4.93 Å². The second-order valence-electron chi connectivity index (χ2n) is 2.00. The van der Waals surface area contributed by atoms with Crippen LogP contribution >= 0.6 is 11.6 Å². The number of halogens is 2. The molecule has 1 aromatic rings. The van der Waals surface area contributed by atoms with Crippen molar-refractivity contribution in [3.8, 4) is 0 Å². The molecule has 0 atom stereocenters. The normalized spacial score (nSPS) is 9.78. The van der Waals surface area contributed by atoms with E-state index in [1.165, 1.54) is 7.05 Å². The average Bonchev–Trinajstić information content (AvgIpc) is 1.98. The van der Waals surface area contributed by atoms with Gasteiger partial charge in [0.05, 0.1) is 0 Å². The number of aryl methyl sites for hydroxylation is 1. The fourth-order valence-corrected chi connectivity index (χ4v) is 0.826. The van der Waals surface area contributed by atoms with E-state index in [0.717, 1.165) is 0 Å². The van der Waals surface area contributed by atoms with E-state index in [-0.39, 0.29) is 5.71 Å². The van der Waals surface area contributed by atoms with Crippen molar-refractivity contribution in [1.82, 2.24) is 4.47 Å². The van der Waals surface area contributed by atoms with Gasteiger partial charge in [-0.05, 0) is 0 Å². The molecule has 0 radical (unpaired) electrons. The van der Waals surface area contributed by atoms with Crippen LogP contribution in [0.3, 0.4) is 0 Å². The van der Waals surface area contributed by atoms with E-state index >= 15 is 0 Å². The number of rotatable bonds is 0. The molecule has 0 aromatic carbocycles. The third-order valence-electron chi connectivity index (χ3n) is 1.28. The predicted octanol–water partition coefficient (Wildman–Crippen LogP) is 1.46. The van der Waals surface area contributed by atoms with Crippen molar-refractivity contribution in [3.63, 3.8) is 0 Å². The molecule has 0 spiro atoms. The first-order valence-electron chi connectivity index (χ1n) is 2.60. The van der Waals surface area contributed by atoms with E-state index in [2.05, 4.69) is 0 Å². The molecule has 0 amide bonds. The van der Waals surface area contributed by atoms with Gasteiger partial charge in [-0.1, -0.05) is 0 Å². The summed E-state index contributed by atoms with van der Waals surface area (Å²) in [5.74, 6) is 0. The zero-order valence-electron chi connectivity index (χ0n) is 5.28. The van der Waals surface area contributed by atoms with Gasteiger partial charge in [-0.25, -0.2) is 0 Å². The number of hydrogen-bond acceptors (Lipinski definition) is 0. The molecule has 0 aliphatic rings. The standard InChI is InChI=1S/C5H6BClFN/c1-3-4(8)6-9(2)5(3)7/h1-2H3. The van der Waals surface area contributed by atoms with Crippen molar-refractivity contribution >= 4 is 18.7 Å². The number of nitrogens with zero attached hydrogens (tertiary/aromatic N) is 1. The molecule has 48 valence electrons. The quantitative estimate of drug-likeness (QED) is 0.521. The van der Waals surface area contributed by atoms with Crippen LogP contribution in [0.25, 0.3) is 0 Å². The summed E-state index contributed by atoms with van der Waals surface area (Å²) < 4.78 is 14.0. The molecule has 1 aromatic heterocycles. The first-order valence-corrected chi connectivity index (χ1v) is 2.97. The first-order chi connectivity index (χ1) is 4.13. The van der Waals surface area contributed by atoms with Gasteiger partial charge in [0.2, 0.25) is 0 Å². The van der Waals surface area contributed by atoms with Crippen molar-refractivity contribution < 1.29 is 4.39 Å². The van der Waals surface area contributed by atoms with Gasteiger partial charge < -0.3 is 0 Å². The second-order valence-corrected chi connectivity index (χ2v) is 2.36. The first kappa shape index (κ1) is 6.81. The molecule has 1 heterocycles. The van der Waals surface area contributed by atoms with Crippen LogP contribution in [-0.4, -0.2) is 11.5 Å². The van der Waals surface area contributed by atoms with Crippen LogP contribution in [0.2, 0.25) is 5.15 Å². The van der Waals surface area contributed by atoms with Crippen molar-refractivity contribution in [2.24, 2.45) is 7.05 Å². The van der Waals surface area contributed by atoms with Gasteiger partial charge in [0.15, 0.2) is 0 Å². The van der Waals surface area contributed by atoms with Crippen LogP contribution in [0.15, 0.2) is 0 Å². The fourth-order valence-electron chi connectivity index (χ4n) is 0.687. The summed E-state index contributed by atoms with van der Waals surface area (Å²) in [4.78, 5) is 0. The zero-order chi connectivity index (χ0) is 7.02. The molecule has 0 bridgehead atoms. The molecule has 4 heteroatoms. The van der Waals surface area contributed by atoms with Crippen LogP contribution in [-0.2, 0) is 7.05 Å². The van der Waals surface area contributed by atoms with E-state index in [1.807, 2.05) is 0 Å². The van der Waals surface area contributed by atoms with Crippen LogP contribution in [0, 0.1) is 12.6 Å². The van der Waals surface area contributed by atoms with Gasteiger partial charge >= 0.3 is 57.9 Å². The van der Waals surface area contributed by atoms with Crippen molar-refractivity contribution in [3.05, 3.63) is 16.4 Å². The van der Waals surface area contributed by atoms with Gasteiger partial charge in [0.25, 0.3) is 0 Å². The minimum absolute atomic E-state index is 0.248. The predicted molar refractivity (Wildman–Crippen MR) is 36.5 cm³/mol. The van der Waals surface area contributed by atoms with E-state index in [9.17, 15) is 4.39 Å². The Morgan fingerprint density at radius 3 is 2.33 bits per heavy atom. The number of hydrogen-bond donors (Lipinski definition) is 0. The summed E-state index contributed by atoms with van der Waals surface area (Å²) in [6.07, 6.45) is 0. The fraction of sp³-hybridized carbons (Fsp3) is 0.400. The van der Waals surface area contributed by atoms with Crippen LogP contribution in [0.5, 0.6) is 0 Å². The molecule has 0 aliphatic heterocycles. The Labute approximate surface area is 58.7 Å². The summed E-state index contributed by atoms with van der Waals surface area (Å²) in [6.45, 7) is 1.65. The Bertz CT molecular complexity index is 211. The Morgan fingerprint density at radius 1 is 1.67 bits per heavy atom. The third kappa shape index (κ3) is 1.01. The molecule has 0 aliphatic carbocycles. The molecule has 0 fully saturated rings. The van der Waals surface area contributed by atoms with Crippen molar-refractivity contribution in [2.45, 2.75) is 6.92 Å². The van der Waals surface area contributed by atoms with E-state index < -0.39 is 0 Å². The Hall–Kier alpha value is -0.305. The molecule has 0 unspecified atom stereocenters. The molecular weight excluding hydrogens is 139 g/mol.